The van der Waals surface area contributed by atoms with E-state index in [1.807, 2.05) is 5.32 Å². The quantitative estimate of drug-likeness (QED) is 0.888. The molecule has 9 heteroatoms. The van der Waals surface area contributed by atoms with Gasteiger partial charge in [-0.15, -0.1) is 0 Å². The van der Waals surface area contributed by atoms with Crippen LogP contribution in [-0.4, -0.2) is 41.8 Å². The lowest BCUT2D eigenvalue weighted by atomic mass is 10.6. The average molecular weight is 256 g/mol. The van der Waals surface area contributed by atoms with Crippen LogP contribution in [0.25, 0.3) is 0 Å². The van der Waals surface area contributed by atoms with Crippen LogP contribution in [-0.2, 0) is 0 Å². The summed E-state index contributed by atoms with van der Waals surface area (Å²) >= 11 is 5.53. The molecule has 0 aromatic carbocycles. The molecule has 16 heavy (non-hydrogen) atoms. The highest BCUT2D eigenvalue weighted by Gasteiger charge is 2.27. The standard InChI is InChI=1S/C7H9ClF3N5/c1-16(2)6-14-4(8)13-5(15-6)12-3-7(9,10)11/h3H2,1-2H3,(H,12,13,14,15). The third kappa shape index (κ3) is 4.05. The van der Waals surface area contributed by atoms with Crippen LogP contribution >= 0.6 is 11.6 Å². The number of hydrogen-bond donors (Lipinski definition) is 1. The van der Waals surface area contributed by atoms with Crippen LogP contribution in [0.2, 0.25) is 5.28 Å². The molecule has 1 heterocycles. The molecule has 0 radical (unpaired) electrons. The molecule has 1 N–H and O–H groups in total. The SMILES string of the molecule is CN(C)c1nc(Cl)nc(NCC(F)(F)F)n1. The first-order chi connectivity index (χ1) is 7.28. The first kappa shape index (κ1) is 12.8. The van der Waals surface area contributed by atoms with E-state index < -0.39 is 12.7 Å². The zero-order valence-corrected chi connectivity index (χ0v) is 9.26. The fraction of sp³-hybridized carbons (Fsp3) is 0.571. The van der Waals surface area contributed by atoms with Gasteiger partial charge in [0.2, 0.25) is 17.2 Å². The summed E-state index contributed by atoms with van der Waals surface area (Å²) < 4.78 is 35.8. The summed E-state index contributed by atoms with van der Waals surface area (Å²) in [6, 6.07) is 0. The summed E-state index contributed by atoms with van der Waals surface area (Å²) in [6.45, 7) is -1.22. The Kier molecular flexibility index (Phi) is 3.74. The summed E-state index contributed by atoms with van der Waals surface area (Å²) in [4.78, 5) is 12.5. The Labute approximate surface area is 94.7 Å². The normalized spacial score (nSPS) is 11.4. The maximum absolute atomic E-state index is 11.9. The van der Waals surface area contributed by atoms with Crippen molar-refractivity contribution in [2.45, 2.75) is 6.18 Å². The molecule has 0 unspecified atom stereocenters. The van der Waals surface area contributed by atoms with E-state index in [0.717, 1.165) is 0 Å². The lowest BCUT2D eigenvalue weighted by molar-refractivity contribution is -0.115. The van der Waals surface area contributed by atoms with Crippen molar-refractivity contribution in [2.24, 2.45) is 0 Å². The van der Waals surface area contributed by atoms with Gasteiger partial charge in [0.15, 0.2) is 0 Å². The van der Waals surface area contributed by atoms with Crippen LogP contribution in [0, 0.1) is 0 Å². The molecule has 0 saturated heterocycles. The minimum Gasteiger partial charge on any atom is -0.347 e. The van der Waals surface area contributed by atoms with Crippen LogP contribution in [0.1, 0.15) is 0 Å². The van der Waals surface area contributed by atoms with Gasteiger partial charge in [0, 0.05) is 14.1 Å². The molecular weight excluding hydrogens is 247 g/mol. The zero-order chi connectivity index (χ0) is 12.3. The lowest BCUT2D eigenvalue weighted by Crippen LogP contribution is -2.23. The second-order valence-corrected chi connectivity index (χ2v) is 3.43. The fourth-order valence-corrected chi connectivity index (χ4v) is 0.954. The molecule has 0 bridgehead atoms. The molecule has 1 aromatic heterocycles. The van der Waals surface area contributed by atoms with Crippen molar-refractivity contribution in [3.63, 3.8) is 0 Å². The molecule has 0 aliphatic carbocycles. The molecule has 1 aromatic rings. The monoisotopic (exact) mass is 255 g/mol. The molecule has 0 aliphatic rings. The molecule has 0 aliphatic heterocycles. The highest BCUT2D eigenvalue weighted by Crippen LogP contribution is 2.16. The molecule has 0 amide bonds. The van der Waals surface area contributed by atoms with Crippen molar-refractivity contribution in [3.8, 4) is 0 Å². The van der Waals surface area contributed by atoms with Gasteiger partial charge >= 0.3 is 6.18 Å². The predicted molar refractivity (Wildman–Crippen MR) is 53.7 cm³/mol. The Balaban J connectivity index is 2.81. The lowest BCUT2D eigenvalue weighted by Gasteiger charge is -2.12. The van der Waals surface area contributed by atoms with Crippen LogP contribution in [0.3, 0.4) is 0 Å². The zero-order valence-electron chi connectivity index (χ0n) is 8.51. The Bertz CT molecular complexity index is 368. The van der Waals surface area contributed by atoms with Crippen molar-refractivity contribution < 1.29 is 13.2 Å². The predicted octanol–water partition coefficient (Wildman–Crippen LogP) is 1.57. The van der Waals surface area contributed by atoms with Crippen molar-refractivity contribution in [3.05, 3.63) is 5.28 Å². The number of aromatic nitrogens is 3. The van der Waals surface area contributed by atoms with Gasteiger partial charge in [0.25, 0.3) is 0 Å². The third-order valence-corrected chi connectivity index (χ3v) is 1.61. The number of alkyl halides is 3. The molecule has 0 fully saturated rings. The van der Waals surface area contributed by atoms with Crippen molar-refractivity contribution in [1.29, 1.82) is 0 Å². The van der Waals surface area contributed by atoms with Crippen molar-refractivity contribution in [1.82, 2.24) is 15.0 Å². The summed E-state index contributed by atoms with van der Waals surface area (Å²) in [7, 11) is 3.28. The molecule has 0 atom stereocenters. The number of nitrogens with zero attached hydrogens (tertiary/aromatic N) is 4. The van der Waals surface area contributed by atoms with E-state index in [4.69, 9.17) is 11.6 Å². The number of rotatable bonds is 3. The van der Waals surface area contributed by atoms with Crippen LogP contribution in [0.15, 0.2) is 0 Å². The fourth-order valence-electron chi connectivity index (χ4n) is 0.798. The molecule has 0 saturated carbocycles. The molecule has 90 valence electrons. The van der Waals surface area contributed by atoms with E-state index in [1.165, 1.54) is 4.90 Å². The molecule has 5 nitrogen and oxygen atoms in total. The van der Waals surface area contributed by atoms with Gasteiger partial charge in [0.1, 0.15) is 6.54 Å². The van der Waals surface area contributed by atoms with Crippen LogP contribution in [0.5, 0.6) is 0 Å². The van der Waals surface area contributed by atoms with Crippen LogP contribution in [0.4, 0.5) is 25.1 Å². The van der Waals surface area contributed by atoms with E-state index in [-0.39, 0.29) is 17.2 Å². The number of anilines is 2. The highest BCUT2D eigenvalue weighted by atomic mass is 35.5. The van der Waals surface area contributed by atoms with Gasteiger partial charge in [-0.1, -0.05) is 0 Å². The minimum absolute atomic E-state index is 0.164. The number of nitrogens with one attached hydrogen (secondary N) is 1. The minimum atomic E-state index is -4.34. The average Bonchev–Trinajstić information content (AvgIpc) is 2.13. The van der Waals surface area contributed by atoms with Gasteiger partial charge in [-0.3, -0.25) is 0 Å². The van der Waals surface area contributed by atoms with Crippen LogP contribution < -0.4 is 10.2 Å². The second kappa shape index (κ2) is 4.69. The molecular formula is C7H9ClF3N5. The Morgan fingerprint density at radius 1 is 1.25 bits per heavy atom. The second-order valence-electron chi connectivity index (χ2n) is 3.09. The summed E-state index contributed by atoms with van der Waals surface area (Å²) in [6.07, 6.45) is -4.34. The Hall–Kier alpha value is -1.31. The van der Waals surface area contributed by atoms with E-state index >= 15 is 0 Å². The topological polar surface area (TPSA) is 53.9 Å². The molecule has 0 spiro atoms. The van der Waals surface area contributed by atoms with Gasteiger partial charge in [-0.2, -0.15) is 28.1 Å². The van der Waals surface area contributed by atoms with E-state index in [1.54, 1.807) is 14.1 Å². The van der Waals surface area contributed by atoms with Gasteiger partial charge in [-0.05, 0) is 11.6 Å². The third-order valence-electron chi connectivity index (χ3n) is 1.44. The van der Waals surface area contributed by atoms with Crippen molar-refractivity contribution >= 4 is 23.5 Å². The van der Waals surface area contributed by atoms with Gasteiger partial charge in [0.05, 0.1) is 0 Å². The van der Waals surface area contributed by atoms with E-state index in [9.17, 15) is 13.2 Å². The number of halogens is 4. The van der Waals surface area contributed by atoms with Crippen molar-refractivity contribution in [2.75, 3.05) is 30.9 Å². The van der Waals surface area contributed by atoms with E-state index in [2.05, 4.69) is 15.0 Å². The smallest absolute Gasteiger partial charge is 0.347 e. The Morgan fingerprint density at radius 2 is 1.88 bits per heavy atom. The first-order valence-electron chi connectivity index (χ1n) is 4.17. The maximum Gasteiger partial charge on any atom is 0.405 e. The highest BCUT2D eigenvalue weighted by molar-refractivity contribution is 6.28. The summed E-state index contributed by atoms with van der Waals surface area (Å²) in [5.74, 6) is -0.0225. The summed E-state index contributed by atoms with van der Waals surface area (Å²) in [5.41, 5.74) is 0. The molecule has 1 rings (SSSR count). The first-order valence-corrected chi connectivity index (χ1v) is 4.55. The number of hydrogen-bond acceptors (Lipinski definition) is 5. The Morgan fingerprint density at radius 3 is 2.38 bits per heavy atom. The van der Waals surface area contributed by atoms with E-state index in [0.29, 0.717) is 0 Å². The largest absolute Gasteiger partial charge is 0.405 e. The van der Waals surface area contributed by atoms with Gasteiger partial charge in [-0.25, -0.2) is 0 Å². The maximum atomic E-state index is 11.9. The summed E-state index contributed by atoms with van der Waals surface area (Å²) in [5, 5.41) is 1.86. The van der Waals surface area contributed by atoms with Gasteiger partial charge < -0.3 is 10.2 Å².